The van der Waals surface area contributed by atoms with Crippen LogP contribution in [-0.4, -0.2) is 42.2 Å². The molecule has 2 aliphatic heterocycles. The predicted octanol–water partition coefficient (Wildman–Crippen LogP) is 4.50. The van der Waals surface area contributed by atoms with E-state index >= 15 is 0 Å². The van der Waals surface area contributed by atoms with Crippen LogP contribution in [0.5, 0.6) is 0 Å². The Morgan fingerprint density at radius 1 is 1.04 bits per heavy atom. The number of carboxylic acids is 1. The van der Waals surface area contributed by atoms with E-state index in [1.807, 2.05) is 18.2 Å². The molecule has 2 aromatic carbocycles. The Kier molecular flexibility index (Phi) is 5.31. The van der Waals surface area contributed by atoms with Gasteiger partial charge in [0.05, 0.1) is 21.7 Å². The maximum Gasteiger partial charge on any atom is 0.307 e. The molecule has 2 aliphatic rings. The fourth-order valence-corrected chi connectivity index (χ4v) is 4.63. The molecule has 1 unspecified atom stereocenters. The number of carboxylic acid groups (broad SMARTS) is 1. The zero-order valence-electron chi connectivity index (χ0n) is 14.9. The summed E-state index contributed by atoms with van der Waals surface area (Å²) >= 11 is 12.6. The molecule has 0 aromatic heterocycles. The second-order valence-electron chi connectivity index (χ2n) is 7.47. The molecule has 4 rings (SSSR count). The Balaban J connectivity index is 1.34. The Morgan fingerprint density at radius 2 is 1.70 bits per heavy atom. The molecule has 4 nitrogen and oxygen atoms in total. The first-order chi connectivity index (χ1) is 13.0. The van der Waals surface area contributed by atoms with Gasteiger partial charge in [-0.05, 0) is 36.2 Å². The van der Waals surface area contributed by atoms with Gasteiger partial charge < -0.3 is 10.0 Å². The molecular formula is C21H22Cl2N2O2. The quantitative estimate of drug-likeness (QED) is 0.796. The number of aliphatic carboxylic acids is 1. The lowest BCUT2D eigenvalue weighted by Gasteiger charge is -2.42. The molecule has 1 N–H and O–H groups in total. The number of hydrogen-bond acceptors (Lipinski definition) is 3. The van der Waals surface area contributed by atoms with Crippen molar-refractivity contribution in [3.8, 4) is 0 Å². The standard InChI is InChI=1S/C21H22Cl2N2O2/c22-18-2-1-3-19(23)20(18)25-12-17(13-25)15-6-4-14(5-7-15)10-24-9-8-16(11-24)21(26)27/h1-7,16-17H,8-13H2,(H,26,27). The Hall–Kier alpha value is -1.75. The van der Waals surface area contributed by atoms with Gasteiger partial charge in [-0.25, -0.2) is 0 Å². The monoisotopic (exact) mass is 404 g/mol. The third-order valence-electron chi connectivity index (χ3n) is 5.61. The molecule has 0 radical (unpaired) electrons. The van der Waals surface area contributed by atoms with Gasteiger partial charge in [0, 0.05) is 32.1 Å². The van der Waals surface area contributed by atoms with Gasteiger partial charge in [0.2, 0.25) is 0 Å². The van der Waals surface area contributed by atoms with Crippen molar-refractivity contribution >= 4 is 34.9 Å². The molecule has 1 atom stereocenters. The SMILES string of the molecule is O=C(O)C1CCN(Cc2ccc(C3CN(c4c(Cl)cccc4Cl)C3)cc2)C1. The summed E-state index contributed by atoms with van der Waals surface area (Å²) in [6.07, 6.45) is 0.746. The van der Waals surface area contributed by atoms with Crippen LogP contribution in [0, 0.1) is 5.92 Å². The summed E-state index contributed by atoms with van der Waals surface area (Å²) in [6, 6.07) is 14.3. The van der Waals surface area contributed by atoms with Crippen molar-refractivity contribution < 1.29 is 9.90 Å². The summed E-state index contributed by atoms with van der Waals surface area (Å²) in [5.74, 6) is -0.419. The highest BCUT2D eigenvalue weighted by Crippen LogP contribution is 2.40. The number of para-hydroxylation sites is 1. The maximum absolute atomic E-state index is 11.1. The van der Waals surface area contributed by atoms with Crippen molar-refractivity contribution in [3.63, 3.8) is 0 Å². The van der Waals surface area contributed by atoms with Crippen LogP contribution in [0.4, 0.5) is 5.69 Å². The van der Waals surface area contributed by atoms with Crippen LogP contribution in [0.15, 0.2) is 42.5 Å². The van der Waals surface area contributed by atoms with Gasteiger partial charge in [0.25, 0.3) is 0 Å². The summed E-state index contributed by atoms with van der Waals surface area (Å²) in [5, 5.41) is 10.5. The Bertz CT molecular complexity index is 814. The number of benzene rings is 2. The smallest absolute Gasteiger partial charge is 0.307 e. The van der Waals surface area contributed by atoms with E-state index in [0.717, 1.165) is 38.3 Å². The first-order valence-electron chi connectivity index (χ1n) is 9.24. The zero-order chi connectivity index (χ0) is 19.0. The van der Waals surface area contributed by atoms with Gasteiger partial charge in [-0.1, -0.05) is 53.5 Å². The number of rotatable bonds is 5. The number of carbonyl (C=O) groups is 1. The van der Waals surface area contributed by atoms with Crippen LogP contribution in [0.3, 0.4) is 0 Å². The highest BCUT2D eigenvalue weighted by molar-refractivity contribution is 6.39. The summed E-state index contributed by atoms with van der Waals surface area (Å²) in [6.45, 7) is 4.14. The fourth-order valence-electron chi connectivity index (χ4n) is 3.99. The summed E-state index contributed by atoms with van der Waals surface area (Å²) in [4.78, 5) is 15.5. The van der Waals surface area contributed by atoms with Gasteiger partial charge in [0.1, 0.15) is 0 Å². The molecule has 2 fully saturated rings. The van der Waals surface area contributed by atoms with Crippen molar-refractivity contribution in [1.82, 2.24) is 4.90 Å². The molecule has 2 saturated heterocycles. The number of hydrogen-bond donors (Lipinski definition) is 1. The second-order valence-corrected chi connectivity index (χ2v) is 8.29. The van der Waals surface area contributed by atoms with Crippen molar-refractivity contribution in [3.05, 3.63) is 63.6 Å². The summed E-state index contributed by atoms with van der Waals surface area (Å²) < 4.78 is 0. The van der Waals surface area contributed by atoms with Crippen molar-refractivity contribution in [2.45, 2.75) is 18.9 Å². The minimum Gasteiger partial charge on any atom is -0.481 e. The Morgan fingerprint density at radius 3 is 2.30 bits per heavy atom. The van der Waals surface area contributed by atoms with Crippen molar-refractivity contribution in [2.24, 2.45) is 5.92 Å². The lowest BCUT2D eigenvalue weighted by atomic mass is 9.90. The molecule has 27 heavy (non-hydrogen) atoms. The molecule has 0 amide bonds. The van der Waals surface area contributed by atoms with Crippen LogP contribution < -0.4 is 4.90 Å². The molecule has 2 aromatic rings. The summed E-state index contributed by atoms with van der Waals surface area (Å²) in [7, 11) is 0. The van der Waals surface area contributed by atoms with Gasteiger partial charge >= 0.3 is 5.97 Å². The molecule has 2 heterocycles. The van der Waals surface area contributed by atoms with Crippen LogP contribution in [0.1, 0.15) is 23.5 Å². The second kappa shape index (κ2) is 7.70. The first kappa shape index (κ1) is 18.6. The number of likely N-dealkylation sites (tertiary alicyclic amines) is 1. The van der Waals surface area contributed by atoms with E-state index in [4.69, 9.17) is 28.3 Å². The average molecular weight is 405 g/mol. The molecule has 0 saturated carbocycles. The maximum atomic E-state index is 11.1. The lowest BCUT2D eigenvalue weighted by Crippen LogP contribution is -2.45. The molecule has 6 heteroatoms. The fraction of sp³-hybridized carbons (Fsp3) is 0.381. The van der Waals surface area contributed by atoms with Crippen LogP contribution in [0.25, 0.3) is 0 Å². The molecule has 0 spiro atoms. The van der Waals surface area contributed by atoms with Crippen molar-refractivity contribution in [2.75, 3.05) is 31.1 Å². The first-order valence-corrected chi connectivity index (χ1v) is 10.00. The topological polar surface area (TPSA) is 43.8 Å². The van der Waals surface area contributed by atoms with Crippen LogP contribution >= 0.6 is 23.2 Å². The van der Waals surface area contributed by atoms with Crippen molar-refractivity contribution in [1.29, 1.82) is 0 Å². The highest BCUT2D eigenvalue weighted by Gasteiger charge is 2.31. The average Bonchev–Trinajstić information content (AvgIpc) is 3.06. The minimum atomic E-state index is -0.680. The Labute approximate surface area is 169 Å². The van der Waals surface area contributed by atoms with E-state index in [-0.39, 0.29) is 5.92 Å². The molecular weight excluding hydrogens is 383 g/mol. The lowest BCUT2D eigenvalue weighted by molar-refractivity contribution is -0.141. The van der Waals surface area contributed by atoms with E-state index in [2.05, 4.69) is 34.1 Å². The van der Waals surface area contributed by atoms with E-state index in [9.17, 15) is 4.79 Å². The van der Waals surface area contributed by atoms with E-state index in [1.54, 1.807) is 0 Å². The third-order valence-corrected chi connectivity index (χ3v) is 6.22. The molecule has 142 valence electrons. The van der Waals surface area contributed by atoms with Crippen LogP contribution in [0.2, 0.25) is 10.0 Å². The minimum absolute atomic E-state index is 0.220. The predicted molar refractivity (Wildman–Crippen MR) is 109 cm³/mol. The molecule has 0 bridgehead atoms. The largest absolute Gasteiger partial charge is 0.481 e. The summed E-state index contributed by atoms with van der Waals surface area (Å²) in [5.41, 5.74) is 3.48. The third kappa shape index (κ3) is 3.93. The van der Waals surface area contributed by atoms with Gasteiger partial charge in [0.15, 0.2) is 0 Å². The normalized spacial score (nSPS) is 20.7. The van der Waals surface area contributed by atoms with Gasteiger partial charge in [-0.15, -0.1) is 0 Å². The van der Waals surface area contributed by atoms with Gasteiger partial charge in [-0.2, -0.15) is 0 Å². The van der Waals surface area contributed by atoms with Crippen LogP contribution in [-0.2, 0) is 11.3 Å². The van der Waals surface area contributed by atoms with E-state index in [0.29, 0.717) is 22.5 Å². The number of nitrogens with zero attached hydrogens (tertiary/aromatic N) is 2. The van der Waals surface area contributed by atoms with E-state index < -0.39 is 5.97 Å². The zero-order valence-corrected chi connectivity index (χ0v) is 16.5. The highest BCUT2D eigenvalue weighted by atomic mass is 35.5. The number of anilines is 1. The van der Waals surface area contributed by atoms with Gasteiger partial charge in [-0.3, -0.25) is 9.69 Å². The number of halogens is 2. The molecule has 0 aliphatic carbocycles. The van der Waals surface area contributed by atoms with E-state index in [1.165, 1.54) is 11.1 Å².